The minimum Gasteiger partial charge on any atom is -0.370 e. The quantitative estimate of drug-likeness (QED) is 0.544. The number of nitrogens with zero attached hydrogens (tertiary/aromatic N) is 4. The van der Waals surface area contributed by atoms with Crippen LogP contribution in [0.4, 0.5) is 17.6 Å². The SMILES string of the molecule is CCc1cc(Nc2cc(Cc3ccccc3)nc(N3CCC3CC(N)=O)n2)n[nH]1. The molecule has 2 aromatic heterocycles. The van der Waals surface area contributed by atoms with E-state index in [0.717, 1.165) is 36.6 Å². The lowest BCUT2D eigenvalue weighted by molar-refractivity contribution is -0.118. The van der Waals surface area contributed by atoms with Crippen molar-refractivity contribution in [3.8, 4) is 0 Å². The fraction of sp³-hybridized carbons (Fsp3) is 0.333. The lowest BCUT2D eigenvalue weighted by Crippen LogP contribution is -2.50. The number of aryl methyl sites for hydroxylation is 1. The summed E-state index contributed by atoms with van der Waals surface area (Å²) in [7, 11) is 0. The molecule has 3 aromatic rings. The van der Waals surface area contributed by atoms with Crippen molar-refractivity contribution in [3.05, 3.63) is 59.4 Å². The Hall–Kier alpha value is -3.42. The highest BCUT2D eigenvalue weighted by Crippen LogP contribution is 2.28. The van der Waals surface area contributed by atoms with Crippen molar-refractivity contribution in [2.45, 2.75) is 38.6 Å². The Labute approximate surface area is 169 Å². The average molecular weight is 391 g/mol. The second-order valence-corrected chi connectivity index (χ2v) is 7.27. The van der Waals surface area contributed by atoms with Gasteiger partial charge in [-0.05, 0) is 18.4 Å². The van der Waals surface area contributed by atoms with Crippen molar-refractivity contribution < 1.29 is 4.79 Å². The molecule has 1 aromatic carbocycles. The fourth-order valence-corrected chi connectivity index (χ4v) is 3.46. The summed E-state index contributed by atoms with van der Waals surface area (Å²) in [5.41, 5.74) is 8.52. The fourth-order valence-electron chi connectivity index (χ4n) is 3.46. The van der Waals surface area contributed by atoms with Crippen LogP contribution in [0.25, 0.3) is 0 Å². The van der Waals surface area contributed by atoms with Crippen molar-refractivity contribution in [2.75, 3.05) is 16.8 Å². The first-order valence-electron chi connectivity index (χ1n) is 9.89. The number of amides is 1. The van der Waals surface area contributed by atoms with Gasteiger partial charge in [0.2, 0.25) is 11.9 Å². The van der Waals surface area contributed by atoms with Gasteiger partial charge in [0.1, 0.15) is 5.82 Å². The van der Waals surface area contributed by atoms with Gasteiger partial charge in [0.15, 0.2) is 5.82 Å². The van der Waals surface area contributed by atoms with Crippen LogP contribution < -0.4 is 16.0 Å². The minimum atomic E-state index is -0.304. The zero-order valence-electron chi connectivity index (χ0n) is 16.4. The van der Waals surface area contributed by atoms with Crippen LogP contribution in [0, 0.1) is 0 Å². The lowest BCUT2D eigenvalue weighted by atomic mass is 10.00. The van der Waals surface area contributed by atoms with Crippen LogP contribution in [-0.4, -0.2) is 38.7 Å². The first-order valence-corrected chi connectivity index (χ1v) is 9.89. The molecule has 0 radical (unpaired) electrons. The van der Waals surface area contributed by atoms with Crippen LogP contribution in [0.1, 0.15) is 36.7 Å². The van der Waals surface area contributed by atoms with Gasteiger partial charge >= 0.3 is 0 Å². The molecule has 1 fully saturated rings. The minimum absolute atomic E-state index is 0.0596. The van der Waals surface area contributed by atoms with E-state index >= 15 is 0 Å². The number of rotatable bonds is 8. The molecule has 0 bridgehead atoms. The largest absolute Gasteiger partial charge is 0.370 e. The molecule has 4 rings (SSSR count). The Balaban J connectivity index is 1.62. The summed E-state index contributed by atoms with van der Waals surface area (Å²) in [5.74, 6) is 1.71. The van der Waals surface area contributed by atoms with E-state index in [2.05, 4.69) is 39.6 Å². The molecule has 1 aliphatic heterocycles. The van der Waals surface area contributed by atoms with E-state index in [4.69, 9.17) is 10.7 Å². The summed E-state index contributed by atoms with van der Waals surface area (Å²) in [4.78, 5) is 22.9. The third-order valence-corrected chi connectivity index (χ3v) is 5.10. The van der Waals surface area contributed by atoms with E-state index in [9.17, 15) is 4.79 Å². The third kappa shape index (κ3) is 4.53. The number of nitrogens with two attached hydrogens (primary N) is 1. The van der Waals surface area contributed by atoms with Crippen LogP contribution in [0.5, 0.6) is 0 Å². The highest BCUT2D eigenvalue weighted by atomic mass is 16.1. The normalized spacial score (nSPS) is 15.8. The van der Waals surface area contributed by atoms with Gasteiger partial charge in [-0.1, -0.05) is 37.3 Å². The predicted octanol–water partition coefficient (Wildman–Crippen LogP) is 2.55. The van der Waals surface area contributed by atoms with Gasteiger partial charge in [-0.25, -0.2) is 4.98 Å². The number of hydrogen-bond donors (Lipinski definition) is 3. The van der Waals surface area contributed by atoms with Gasteiger partial charge in [0.25, 0.3) is 0 Å². The summed E-state index contributed by atoms with van der Waals surface area (Å²) in [5, 5.41) is 10.6. The molecule has 150 valence electrons. The van der Waals surface area contributed by atoms with Crippen molar-refractivity contribution in [1.29, 1.82) is 0 Å². The molecule has 0 aliphatic carbocycles. The lowest BCUT2D eigenvalue weighted by Gasteiger charge is -2.40. The standard InChI is InChI=1S/C21H25N7O/c1-2-15-11-20(27-26-15)24-19-12-16(10-14-6-4-3-5-7-14)23-21(25-19)28-9-8-17(28)13-18(22)29/h3-7,11-12,17H,2,8-10,13H2,1H3,(H2,22,29)(H2,23,24,25,26,27). The summed E-state index contributed by atoms with van der Waals surface area (Å²) >= 11 is 0. The first-order chi connectivity index (χ1) is 14.1. The number of primary amides is 1. The number of hydrogen-bond acceptors (Lipinski definition) is 6. The smallest absolute Gasteiger partial charge is 0.227 e. The number of aromatic amines is 1. The number of anilines is 3. The van der Waals surface area contributed by atoms with Gasteiger partial charge in [-0.3, -0.25) is 9.89 Å². The summed E-state index contributed by atoms with van der Waals surface area (Å²) in [6.45, 7) is 2.88. The Morgan fingerprint density at radius 2 is 2.07 bits per heavy atom. The summed E-state index contributed by atoms with van der Waals surface area (Å²) in [6.07, 6.45) is 2.80. The van der Waals surface area contributed by atoms with Crippen LogP contribution in [0.3, 0.4) is 0 Å². The molecule has 8 heteroatoms. The first kappa shape index (κ1) is 18.9. The topological polar surface area (TPSA) is 113 Å². The Kier molecular flexibility index (Phi) is 5.41. The van der Waals surface area contributed by atoms with E-state index in [1.165, 1.54) is 5.56 Å². The molecule has 1 unspecified atom stereocenters. The van der Waals surface area contributed by atoms with E-state index in [0.29, 0.717) is 24.6 Å². The Bertz CT molecular complexity index is 986. The average Bonchev–Trinajstić information content (AvgIpc) is 3.13. The maximum atomic E-state index is 11.4. The zero-order valence-corrected chi connectivity index (χ0v) is 16.4. The molecular formula is C21H25N7O. The predicted molar refractivity (Wildman–Crippen MR) is 112 cm³/mol. The van der Waals surface area contributed by atoms with Gasteiger partial charge in [0.05, 0.1) is 5.69 Å². The Morgan fingerprint density at radius 1 is 1.24 bits per heavy atom. The second-order valence-electron chi connectivity index (χ2n) is 7.27. The highest BCUT2D eigenvalue weighted by Gasteiger charge is 2.31. The van der Waals surface area contributed by atoms with Crippen molar-refractivity contribution in [3.63, 3.8) is 0 Å². The number of benzene rings is 1. The van der Waals surface area contributed by atoms with Crippen LogP contribution in [0.15, 0.2) is 42.5 Å². The van der Waals surface area contributed by atoms with Gasteiger partial charge in [0, 0.05) is 43.3 Å². The van der Waals surface area contributed by atoms with Crippen LogP contribution >= 0.6 is 0 Å². The van der Waals surface area contributed by atoms with Crippen molar-refractivity contribution in [1.82, 2.24) is 20.2 Å². The molecule has 4 N–H and O–H groups in total. The molecule has 1 atom stereocenters. The van der Waals surface area contributed by atoms with E-state index in [1.807, 2.05) is 35.2 Å². The molecule has 29 heavy (non-hydrogen) atoms. The Morgan fingerprint density at radius 3 is 2.72 bits per heavy atom. The number of aromatic nitrogens is 4. The highest BCUT2D eigenvalue weighted by molar-refractivity contribution is 5.75. The molecule has 8 nitrogen and oxygen atoms in total. The molecule has 3 heterocycles. The van der Waals surface area contributed by atoms with E-state index < -0.39 is 0 Å². The maximum absolute atomic E-state index is 11.4. The third-order valence-electron chi connectivity index (χ3n) is 5.10. The molecule has 1 amide bonds. The van der Waals surface area contributed by atoms with Crippen molar-refractivity contribution in [2.24, 2.45) is 5.73 Å². The number of H-pyrrole nitrogens is 1. The monoisotopic (exact) mass is 391 g/mol. The number of carbonyl (C=O) groups is 1. The summed E-state index contributed by atoms with van der Waals surface area (Å²) in [6, 6.07) is 14.2. The molecular weight excluding hydrogens is 366 g/mol. The second kappa shape index (κ2) is 8.30. The van der Waals surface area contributed by atoms with Crippen LogP contribution in [-0.2, 0) is 17.6 Å². The molecule has 0 spiro atoms. The molecule has 0 saturated carbocycles. The number of nitrogens with one attached hydrogen (secondary N) is 2. The van der Waals surface area contributed by atoms with Gasteiger partial charge in [-0.15, -0.1) is 0 Å². The van der Waals surface area contributed by atoms with E-state index in [-0.39, 0.29) is 11.9 Å². The number of carbonyl (C=O) groups excluding carboxylic acids is 1. The summed E-state index contributed by atoms with van der Waals surface area (Å²) < 4.78 is 0. The van der Waals surface area contributed by atoms with E-state index in [1.54, 1.807) is 0 Å². The zero-order chi connectivity index (χ0) is 20.2. The van der Waals surface area contributed by atoms with Crippen molar-refractivity contribution >= 4 is 23.5 Å². The molecule has 1 saturated heterocycles. The molecule has 1 aliphatic rings. The van der Waals surface area contributed by atoms with Gasteiger partial charge in [-0.2, -0.15) is 10.1 Å². The van der Waals surface area contributed by atoms with Gasteiger partial charge < -0.3 is 16.0 Å². The maximum Gasteiger partial charge on any atom is 0.227 e. The van der Waals surface area contributed by atoms with Crippen LogP contribution in [0.2, 0.25) is 0 Å².